The highest BCUT2D eigenvalue weighted by molar-refractivity contribution is 8.00. The van der Waals surface area contributed by atoms with Crippen molar-refractivity contribution in [1.29, 1.82) is 0 Å². The number of carbonyl (C=O) groups excluding carboxylic acids is 2. The summed E-state index contributed by atoms with van der Waals surface area (Å²) in [5.41, 5.74) is 4.79. The summed E-state index contributed by atoms with van der Waals surface area (Å²) >= 11 is 1.44. The fourth-order valence-electron chi connectivity index (χ4n) is 3.32. The van der Waals surface area contributed by atoms with Crippen molar-refractivity contribution in [3.63, 3.8) is 0 Å². The van der Waals surface area contributed by atoms with Crippen LogP contribution < -0.4 is 0 Å². The van der Waals surface area contributed by atoms with Crippen molar-refractivity contribution in [2.24, 2.45) is 0 Å². The van der Waals surface area contributed by atoms with E-state index in [1.807, 2.05) is 44.2 Å². The number of carbonyl (C=O) groups is 2. The van der Waals surface area contributed by atoms with Crippen LogP contribution in [0.4, 0.5) is 0 Å². The first-order valence-electron chi connectivity index (χ1n) is 9.19. The molecule has 0 radical (unpaired) electrons. The van der Waals surface area contributed by atoms with Gasteiger partial charge in [0.1, 0.15) is 0 Å². The van der Waals surface area contributed by atoms with Crippen LogP contribution in [0.5, 0.6) is 0 Å². The Morgan fingerprint density at radius 2 is 1.89 bits per heavy atom. The minimum Gasteiger partial charge on any atom is -0.452 e. The number of ether oxygens (including phenoxy) is 1. The van der Waals surface area contributed by atoms with Gasteiger partial charge in [-0.2, -0.15) is 0 Å². The van der Waals surface area contributed by atoms with Gasteiger partial charge in [-0.05, 0) is 49.9 Å². The zero-order valence-electron chi connectivity index (χ0n) is 16.0. The van der Waals surface area contributed by atoms with E-state index in [0.29, 0.717) is 13.1 Å². The molecule has 1 aliphatic rings. The van der Waals surface area contributed by atoms with E-state index in [1.54, 1.807) is 11.8 Å². The van der Waals surface area contributed by atoms with Crippen molar-refractivity contribution >= 4 is 23.6 Å². The molecule has 3 rings (SSSR count). The number of benzene rings is 2. The highest BCUT2D eigenvalue weighted by Crippen LogP contribution is 2.24. The highest BCUT2D eigenvalue weighted by Gasteiger charge is 2.26. The number of rotatable bonds is 5. The topological polar surface area (TPSA) is 46.6 Å². The third-order valence-electron chi connectivity index (χ3n) is 4.77. The first-order chi connectivity index (χ1) is 12.9. The fourth-order valence-corrected chi connectivity index (χ4v) is 4.11. The number of hydrogen-bond acceptors (Lipinski definition) is 4. The van der Waals surface area contributed by atoms with Crippen molar-refractivity contribution in [3.8, 4) is 0 Å². The molecule has 0 bridgehead atoms. The summed E-state index contributed by atoms with van der Waals surface area (Å²) in [6, 6.07) is 14.3. The van der Waals surface area contributed by atoms with Crippen molar-refractivity contribution in [2.75, 3.05) is 12.3 Å². The first kappa shape index (κ1) is 19.5. The number of aryl methyl sites for hydroxylation is 2. The van der Waals surface area contributed by atoms with Gasteiger partial charge >= 0.3 is 5.97 Å². The lowest BCUT2D eigenvalue weighted by atomic mass is 9.99. The van der Waals surface area contributed by atoms with Gasteiger partial charge in [-0.1, -0.05) is 42.0 Å². The number of fused-ring (bicyclic) bond motifs is 1. The predicted octanol–water partition coefficient (Wildman–Crippen LogP) is 3.91. The molecule has 2 aromatic rings. The molecule has 0 unspecified atom stereocenters. The zero-order valence-corrected chi connectivity index (χ0v) is 16.8. The summed E-state index contributed by atoms with van der Waals surface area (Å²) in [7, 11) is 0. The zero-order chi connectivity index (χ0) is 19.4. The van der Waals surface area contributed by atoms with E-state index in [0.717, 1.165) is 16.9 Å². The molecule has 0 aliphatic carbocycles. The van der Waals surface area contributed by atoms with Gasteiger partial charge in [-0.25, -0.2) is 0 Å². The third-order valence-corrected chi connectivity index (χ3v) is 5.92. The third kappa shape index (κ3) is 4.92. The van der Waals surface area contributed by atoms with E-state index >= 15 is 0 Å². The Balaban J connectivity index is 1.51. The smallest absolute Gasteiger partial charge is 0.317 e. The van der Waals surface area contributed by atoms with Gasteiger partial charge in [0.25, 0.3) is 5.91 Å². The molecule has 5 heteroatoms. The second-order valence-corrected chi connectivity index (χ2v) is 7.99. The lowest BCUT2D eigenvalue weighted by Gasteiger charge is -2.30. The average molecular weight is 384 g/mol. The minimum absolute atomic E-state index is 0.130. The van der Waals surface area contributed by atoms with Crippen LogP contribution in [0.25, 0.3) is 0 Å². The second-order valence-electron chi connectivity index (χ2n) is 6.97. The Labute approximate surface area is 164 Å². The molecule has 0 fully saturated rings. The quantitative estimate of drug-likeness (QED) is 0.580. The SMILES string of the molecule is Cc1ccc(SCC(=O)O[C@H](C)C(=O)N2CCc3ccccc3C2)c(C)c1. The van der Waals surface area contributed by atoms with E-state index in [-0.39, 0.29) is 17.6 Å². The van der Waals surface area contributed by atoms with Crippen LogP contribution in [0.15, 0.2) is 47.4 Å². The summed E-state index contributed by atoms with van der Waals surface area (Å²) in [5.74, 6) is -0.294. The summed E-state index contributed by atoms with van der Waals surface area (Å²) < 4.78 is 5.39. The summed E-state index contributed by atoms with van der Waals surface area (Å²) in [4.78, 5) is 27.7. The lowest BCUT2D eigenvalue weighted by molar-refractivity contribution is -0.157. The molecule has 1 atom stereocenters. The summed E-state index contributed by atoms with van der Waals surface area (Å²) in [5, 5.41) is 0. The van der Waals surface area contributed by atoms with Crippen molar-refractivity contribution in [3.05, 3.63) is 64.7 Å². The number of thioether (sulfide) groups is 1. The van der Waals surface area contributed by atoms with Gasteiger partial charge < -0.3 is 9.64 Å². The molecule has 2 aromatic carbocycles. The van der Waals surface area contributed by atoms with Crippen molar-refractivity contribution in [2.45, 2.75) is 44.7 Å². The van der Waals surface area contributed by atoms with Crippen LogP contribution in [0, 0.1) is 13.8 Å². The molecular weight excluding hydrogens is 358 g/mol. The Morgan fingerprint density at radius 1 is 1.15 bits per heavy atom. The Morgan fingerprint density at radius 3 is 2.63 bits per heavy atom. The Hall–Kier alpha value is -2.27. The standard InChI is InChI=1S/C22H25NO3S/c1-15-8-9-20(16(2)12-15)27-14-21(24)26-17(3)22(25)23-11-10-18-6-4-5-7-19(18)13-23/h4-9,12,17H,10-11,13-14H2,1-3H3/t17-/m1/s1. The van der Waals surface area contributed by atoms with E-state index in [1.165, 1.54) is 28.5 Å². The fraction of sp³-hybridized carbons (Fsp3) is 0.364. The molecule has 27 heavy (non-hydrogen) atoms. The van der Waals surface area contributed by atoms with E-state index < -0.39 is 6.10 Å². The molecule has 4 nitrogen and oxygen atoms in total. The maximum Gasteiger partial charge on any atom is 0.317 e. The first-order valence-corrected chi connectivity index (χ1v) is 10.2. The van der Waals surface area contributed by atoms with Gasteiger partial charge in [0.2, 0.25) is 0 Å². The summed E-state index contributed by atoms with van der Waals surface area (Å²) in [6.45, 7) is 6.97. The van der Waals surface area contributed by atoms with Gasteiger partial charge in [-0.3, -0.25) is 9.59 Å². The van der Waals surface area contributed by atoms with Crippen molar-refractivity contribution < 1.29 is 14.3 Å². The van der Waals surface area contributed by atoms with Gasteiger partial charge in [0, 0.05) is 18.0 Å². The van der Waals surface area contributed by atoms with Crippen LogP contribution in [-0.4, -0.2) is 35.2 Å². The van der Waals surface area contributed by atoms with E-state index in [2.05, 4.69) is 12.1 Å². The molecule has 1 heterocycles. The van der Waals surface area contributed by atoms with Gasteiger partial charge in [-0.15, -0.1) is 11.8 Å². The molecule has 142 valence electrons. The maximum absolute atomic E-state index is 12.7. The number of esters is 1. The molecule has 0 saturated heterocycles. The van der Waals surface area contributed by atoms with Crippen LogP contribution in [0.2, 0.25) is 0 Å². The largest absolute Gasteiger partial charge is 0.452 e. The number of hydrogen-bond donors (Lipinski definition) is 0. The predicted molar refractivity (Wildman–Crippen MR) is 108 cm³/mol. The van der Waals surface area contributed by atoms with Crippen LogP contribution in [-0.2, 0) is 27.3 Å². The Kier molecular flexibility index (Phi) is 6.22. The molecular formula is C22H25NO3S. The van der Waals surface area contributed by atoms with Gasteiger partial charge in [0.05, 0.1) is 5.75 Å². The lowest BCUT2D eigenvalue weighted by Crippen LogP contribution is -2.42. The maximum atomic E-state index is 12.7. The monoisotopic (exact) mass is 383 g/mol. The molecule has 1 amide bonds. The average Bonchev–Trinajstić information content (AvgIpc) is 2.66. The molecule has 0 N–H and O–H groups in total. The second kappa shape index (κ2) is 8.61. The van der Waals surface area contributed by atoms with Crippen LogP contribution >= 0.6 is 11.8 Å². The number of nitrogens with zero attached hydrogens (tertiary/aromatic N) is 1. The highest BCUT2D eigenvalue weighted by atomic mass is 32.2. The van der Waals surface area contributed by atoms with Crippen LogP contribution in [0.3, 0.4) is 0 Å². The van der Waals surface area contributed by atoms with Crippen LogP contribution in [0.1, 0.15) is 29.2 Å². The summed E-state index contributed by atoms with van der Waals surface area (Å²) in [6.07, 6.45) is 0.0768. The normalized spacial score (nSPS) is 14.4. The molecule has 0 saturated carbocycles. The molecule has 0 aromatic heterocycles. The van der Waals surface area contributed by atoms with Gasteiger partial charge in [0.15, 0.2) is 6.10 Å². The number of amides is 1. The Bertz CT molecular complexity index is 849. The molecule has 1 aliphatic heterocycles. The van der Waals surface area contributed by atoms with E-state index in [4.69, 9.17) is 4.74 Å². The van der Waals surface area contributed by atoms with E-state index in [9.17, 15) is 9.59 Å². The van der Waals surface area contributed by atoms with Crippen molar-refractivity contribution in [1.82, 2.24) is 4.90 Å². The molecule has 0 spiro atoms. The minimum atomic E-state index is -0.762.